The molecular weight excluding hydrogens is 308 g/mol. The number of likely N-dealkylation sites (N-methyl/N-ethyl adjacent to an activating group) is 1. The molecule has 0 N–H and O–H groups in total. The Morgan fingerprint density at radius 1 is 1.33 bits per heavy atom. The van der Waals surface area contributed by atoms with E-state index in [1.807, 2.05) is 32.0 Å². The van der Waals surface area contributed by atoms with E-state index in [1.54, 1.807) is 0 Å². The predicted molar refractivity (Wildman–Crippen MR) is 87.8 cm³/mol. The van der Waals surface area contributed by atoms with Gasteiger partial charge < -0.3 is 9.64 Å². The number of fused-ring (bicyclic) bond motifs is 1. The second kappa shape index (κ2) is 5.69. The molecule has 6 nitrogen and oxygen atoms in total. The molecule has 1 saturated carbocycles. The number of imide groups is 1. The molecule has 0 aromatic heterocycles. The Balaban J connectivity index is 2.01. The standard InChI is InChI=1S/C18H26N2O4/c1-10-8-18(24-12(3)21)9-11(2)13(10)14-15(18)17(23)20(16(14)22)7-6-19(4)5/h8,11,13-15H,6-7,9H2,1-5H3/t11-,13-,14?,15?,18-/m1/s1. The average Bonchev–Trinajstić information content (AvgIpc) is 2.68. The Morgan fingerprint density at radius 3 is 2.54 bits per heavy atom. The second-order valence-electron chi connectivity index (χ2n) is 7.78. The lowest BCUT2D eigenvalue weighted by Gasteiger charge is -2.52. The molecule has 0 aromatic carbocycles. The van der Waals surface area contributed by atoms with Crippen LogP contribution >= 0.6 is 0 Å². The van der Waals surface area contributed by atoms with E-state index < -0.39 is 23.4 Å². The number of hydrogen-bond donors (Lipinski definition) is 0. The molecule has 4 aliphatic rings. The molecule has 0 aromatic rings. The molecule has 2 unspecified atom stereocenters. The van der Waals surface area contributed by atoms with Crippen LogP contribution in [0.3, 0.4) is 0 Å². The largest absolute Gasteiger partial charge is 0.454 e. The molecule has 1 heterocycles. The van der Waals surface area contributed by atoms with Crippen molar-refractivity contribution in [3.05, 3.63) is 11.6 Å². The fourth-order valence-corrected chi connectivity index (χ4v) is 5.02. The van der Waals surface area contributed by atoms with E-state index in [4.69, 9.17) is 4.74 Å². The number of allylic oxidation sites excluding steroid dienone is 1. The number of hydrogen-bond acceptors (Lipinski definition) is 5. The van der Waals surface area contributed by atoms with E-state index in [0.717, 1.165) is 5.57 Å². The van der Waals surface area contributed by atoms with Crippen molar-refractivity contribution in [3.63, 3.8) is 0 Å². The van der Waals surface area contributed by atoms with Gasteiger partial charge in [0.15, 0.2) is 0 Å². The Bertz CT molecular complexity index is 627. The van der Waals surface area contributed by atoms with Crippen LogP contribution in [0, 0.1) is 23.7 Å². The first-order valence-corrected chi connectivity index (χ1v) is 8.57. The third-order valence-corrected chi connectivity index (χ3v) is 5.71. The predicted octanol–water partition coefficient (Wildman–Crippen LogP) is 1.07. The van der Waals surface area contributed by atoms with Crippen molar-refractivity contribution in [1.29, 1.82) is 0 Å². The first-order chi connectivity index (χ1) is 11.2. The highest BCUT2D eigenvalue weighted by Gasteiger charge is 2.67. The zero-order valence-corrected chi connectivity index (χ0v) is 15.0. The van der Waals surface area contributed by atoms with Crippen LogP contribution in [0.1, 0.15) is 27.2 Å². The fourth-order valence-electron chi connectivity index (χ4n) is 5.02. The van der Waals surface area contributed by atoms with Crippen LogP contribution in [0.2, 0.25) is 0 Å². The summed E-state index contributed by atoms with van der Waals surface area (Å²) < 4.78 is 5.69. The average molecular weight is 334 g/mol. The van der Waals surface area contributed by atoms with Crippen LogP contribution in [0.5, 0.6) is 0 Å². The minimum absolute atomic E-state index is 0.0632. The Kier molecular flexibility index (Phi) is 4.06. The summed E-state index contributed by atoms with van der Waals surface area (Å²) in [6, 6.07) is 0. The number of likely N-dealkylation sites (tertiary alicyclic amines) is 1. The van der Waals surface area contributed by atoms with Gasteiger partial charge in [-0.1, -0.05) is 12.5 Å². The Morgan fingerprint density at radius 2 is 2.00 bits per heavy atom. The highest BCUT2D eigenvalue weighted by atomic mass is 16.6. The van der Waals surface area contributed by atoms with Crippen molar-refractivity contribution in [1.82, 2.24) is 9.80 Å². The number of ether oxygens (including phenoxy) is 1. The maximum Gasteiger partial charge on any atom is 0.303 e. The normalized spacial score (nSPS) is 37.8. The molecule has 6 heteroatoms. The van der Waals surface area contributed by atoms with E-state index in [9.17, 15) is 14.4 Å². The summed E-state index contributed by atoms with van der Waals surface area (Å²) in [6.07, 6.45) is 2.54. The van der Waals surface area contributed by atoms with Gasteiger partial charge in [0.05, 0.1) is 11.8 Å². The summed E-state index contributed by atoms with van der Waals surface area (Å²) in [6.45, 7) is 6.44. The first kappa shape index (κ1) is 17.1. The smallest absolute Gasteiger partial charge is 0.303 e. The van der Waals surface area contributed by atoms with Crippen LogP contribution in [0.15, 0.2) is 11.6 Å². The summed E-state index contributed by atoms with van der Waals surface area (Å²) in [7, 11) is 3.83. The van der Waals surface area contributed by atoms with Gasteiger partial charge in [0, 0.05) is 20.0 Å². The molecule has 1 aliphatic heterocycles. The summed E-state index contributed by atoms with van der Waals surface area (Å²) in [5.74, 6) is -1.39. The Labute approximate surface area is 142 Å². The molecule has 2 amide bonds. The lowest BCUT2D eigenvalue weighted by molar-refractivity contribution is -0.173. The van der Waals surface area contributed by atoms with Crippen LogP contribution in [0.4, 0.5) is 0 Å². The fraction of sp³-hybridized carbons (Fsp3) is 0.722. The van der Waals surface area contributed by atoms with Crippen LogP contribution < -0.4 is 0 Å². The number of nitrogens with zero attached hydrogens (tertiary/aromatic N) is 2. The van der Waals surface area contributed by atoms with E-state index in [1.165, 1.54) is 11.8 Å². The van der Waals surface area contributed by atoms with Gasteiger partial charge in [-0.2, -0.15) is 0 Å². The SMILES string of the molecule is CC(=O)O[C@@]12C=C(C)[C@@H](C3C(=O)N(CCN(C)C)C(=O)C31)[C@H](C)C2. The number of rotatable bonds is 4. The van der Waals surface area contributed by atoms with E-state index in [-0.39, 0.29) is 23.7 Å². The van der Waals surface area contributed by atoms with Crippen molar-refractivity contribution >= 4 is 17.8 Å². The zero-order valence-electron chi connectivity index (χ0n) is 15.0. The molecule has 132 valence electrons. The van der Waals surface area contributed by atoms with Gasteiger partial charge in [0.1, 0.15) is 5.60 Å². The maximum atomic E-state index is 13.0. The van der Waals surface area contributed by atoms with Gasteiger partial charge in [-0.15, -0.1) is 0 Å². The molecule has 0 spiro atoms. The molecule has 24 heavy (non-hydrogen) atoms. The number of amides is 2. The molecule has 5 atom stereocenters. The number of esters is 1. The van der Waals surface area contributed by atoms with Crippen molar-refractivity contribution in [2.75, 3.05) is 27.2 Å². The van der Waals surface area contributed by atoms with Gasteiger partial charge in [-0.05, 0) is 45.4 Å². The lowest BCUT2D eigenvalue weighted by atomic mass is 9.54. The van der Waals surface area contributed by atoms with Crippen molar-refractivity contribution in [2.45, 2.75) is 32.8 Å². The minimum Gasteiger partial charge on any atom is -0.454 e. The first-order valence-electron chi connectivity index (χ1n) is 8.57. The highest BCUT2D eigenvalue weighted by Crippen LogP contribution is 2.58. The molecule has 0 radical (unpaired) electrons. The molecule has 4 rings (SSSR count). The van der Waals surface area contributed by atoms with Crippen LogP contribution in [-0.2, 0) is 19.1 Å². The molecule has 2 bridgehead atoms. The zero-order chi connectivity index (χ0) is 17.8. The molecule has 2 fully saturated rings. The van der Waals surface area contributed by atoms with E-state index in [0.29, 0.717) is 19.5 Å². The summed E-state index contributed by atoms with van der Waals surface area (Å²) >= 11 is 0. The van der Waals surface area contributed by atoms with E-state index in [2.05, 4.69) is 6.92 Å². The Hall–Kier alpha value is -1.69. The van der Waals surface area contributed by atoms with E-state index >= 15 is 0 Å². The third-order valence-electron chi connectivity index (χ3n) is 5.71. The summed E-state index contributed by atoms with van der Waals surface area (Å²) in [5, 5.41) is 0. The quantitative estimate of drug-likeness (QED) is 0.437. The summed E-state index contributed by atoms with van der Waals surface area (Å²) in [5.41, 5.74) is 0.0980. The maximum absolute atomic E-state index is 13.0. The van der Waals surface area contributed by atoms with Crippen molar-refractivity contribution < 1.29 is 19.1 Å². The van der Waals surface area contributed by atoms with Crippen molar-refractivity contribution in [3.8, 4) is 0 Å². The topological polar surface area (TPSA) is 66.9 Å². The van der Waals surface area contributed by atoms with Gasteiger partial charge in [0.2, 0.25) is 11.8 Å². The van der Waals surface area contributed by atoms with Crippen molar-refractivity contribution in [2.24, 2.45) is 23.7 Å². The van der Waals surface area contributed by atoms with Gasteiger partial charge in [-0.25, -0.2) is 0 Å². The van der Waals surface area contributed by atoms with Gasteiger partial charge >= 0.3 is 5.97 Å². The second-order valence-corrected chi connectivity index (χ2v) is 7.78. The minimum atomic E-state index is -0.964. The molecular formula is C18H26N2O4. The van der Waals surface area contributed by atoms with Crippen LogP contribution in [-0.4, -0.2) is 60.4 Å². The molecule has 1 saturated heterocycles. The molecule has 3 aliphatic carbocycles. The third kappa shape index (κ3) is 2.39. The van der Waals surface area contributed by atoms with Gasteiger partial charge in [-0.3, -0.25) is 19.3 Å². The van der Waals surface area contributed by atoms with Gasteiger partial charge in [0.25, 0.3) is 0 Å². The number of carbonyl (C=O) groups excluding carboxylic acids is 3. The lowest BCUT2D eigenvalue weighted by Crippen LogP contribution is -2.57. The highest BCUT2D eigenvalue weighted by molar-refractivity contribution is 6.07. The van der Waals surface area contributed by atoms with Crippen LogP contribution in [0.25, 0.3) is 0 Å². The summed E-state index contributed by atoms with van der Waals surface area (Å²) in [4.78, 5) is 41.1. The monoisotopic (exact) mass is 334 g/mol. The number of carbonyl (C=O) groups is 3.